The van der Waals surface area contributed by atoms with Gasteiger partial charge in [0.05, 0.1) is 13.2 Å². The fourth-order valence-corrected chi connectivity index (χ4v) is 2.52. The predicted octanol–water partition coefficient (Wildman–Crippen LogP) is 2.44. The van der Waals surface area contributed by atoms with Crippen molar-refractivity contribution in [3.8, 4) is 0 Å². The first-order valence-electron chi connectivity index (χ1n) is 6.73. The molecule has 1 unspecified atom stereocenters. The van der Waals surface area contributed by atoms with Crippen molar-refractivity contribution in [2.24, 2.45) is 11.7 Å². The van der Waals surface area contributed by atoms with Crippen molar-refractivity contribution in [1.29, 1.82) is 0 Å². The van der Waals surface area contributed by atoms with E-state index >= 15 is 0 Å². The van der Waals surface area contributed by atoms with Gasteiger partial charge in [0.15, 0.2) is 0 Å². The van der Waals surface area contributed by atoms with Crippen molar-refractivity contribution in [2.75, 3.05) is 19.8 Å². The Labute approximate surface area is 112 Å². The van der Waals surface area contributed by atoms with Gasteiger partial charge in [-0.3, -0.25) is 0 Å². The molecule has 1 fully saturated rings. The summed E-state index contributed by atoms with van der Waals surface area (Å²) in [5, 5.41) is 1.09. The molecule has 1 aromatic carbocycles. The van der Waals surface area contributed by atoms with Crippen LogP contribution in [0, 0.1) is 5.92 Å². The number of benzene rings is 1. The summed E-state index contributed by atoms with van der Waals surface area (Å²) < 4.78 is 16.9. The van der Waals surface area contributed by atoms with Gasteiger partial charge in [-0.15, -0.1) is 0 Å². The summed E-state index contributed by atoms with van der Waals surface area (Å²) in [6.07, 6.45) is 1.09. The fraction of sp³-hybridized carbons (Fsp3) is 0.467. The van der Waals surface area contributed by atoms with Gasteiger partial charge in [0.25, 0.3) is 0 Å². The zero-order valence-electron chi connectivity index (χ0n) is 10.9. The minimum Gasteiger partial charge on any atom is -0.458 e. The van der Waals surface area contributed by atoms with E-state index < -0.39 is 0 Å². The van der Waals surface area contributed by atoms with E-state index in [1.807, 2.05) is 24.3 Å². The molecule has 2 N–H and O–H groups in total. The molecule has 0 radical (unpaired) electrons. The number of hydrogen-bond acceptors (Lipinski definition) is 4. The average molecular weight is 261 g/mol. The van der Waals surface area contributed by atoms with Gasteiger partial charge in [0, 0.05) is 30.0 Å². The van der Waals surface area contributed by atoms with Crippen LogP contribution < -0.4 is 5.73 Å². The lowest BCUT2D eigenvalue weighted by Gasteiger charge is -2.08. The standard InChI is InChI=1S/C15H19NO3/c16-7-13-12-3-1-2-4-14(12)19-15(13)10-18-9-11-5-6-17-8-11/h1-4,11H,5-10,16H2. The number of furan rings is 1. The molecular weight excluding hydrogens is 242 g/mol. The molecule has 4 nitrogen and oxygen atoms in total. The molecule has 3 rings (SSSR count). The van der Waals surface area contributed by atoms with Crippen LogP contribution >= 0.6 is 0 Å². The molecule has 0 spiro atoms. The molecule has 1 aliphatic rings. The molecule has 1 aromatic heterocycles. The molecule has 1 aliphatic heterocycles. The Morgan fingerprint density at radius 2 is 2.21 bits per heavy atom. The molecule has 0 aliphatic carbocycles. The molecular formula is C15H19NO3. The summed E-state index contributed by atoms with van der Waals surface area (Å²) >= 11 is 0. The highest BCUT2D eigenvalue weighted by Gasteiger charge is 2.17. The molecule has 0 amide bonds. The van der Waals surface area contributed by atoms with Crippen molar-refractivity contribution in [2.45, 2.75) is 19.6 Å². The Kier molecular flexibility index (Phi) is 3.82. The lowest BCUT2D eigenvalue weighted by molar-refractivity contribution is 0.0694. The maximum absolute atomic E-state index is 5.82. The highest BCUT2D eigenvalue weighted by Crippen LogP contribution is 2.26. The van der Waals surface area contributed by atoms with Crippen LogP contribution in [0.3, 0.4) is 0 Å². The van der Waals surface area contributed by atoms with E-state index in [9.17, 15) is 0 Å². The second kappa shape index (κ2) is 5.74. The van der Waals surface area contributed by atoms with Gasteiger partial charge >= 0.3 is 0 Å². The van der Waals surface area contributed by atoms with Gasteiger partial charge in [-0.25, -0.2) is 0 Å². The Bertz CT molecular complexity index is 543. The lowest BCUT2D eigenvalue weighted by atomic mass is 10.1. The smallest absolute Gasteiger partial charge is 0.135 e. The largest absolute Gasteiger partial charge is 0.458 e. The number of nitrogens with two attached hydrogens (primary N) is 1. The maximum atomic E-state index is 5.82. The molecule has 0 bridgehead atoms. The van der Waals surface area contributed by atoms with Crippen LogP contribution in [-0.4, -0.2) is 19.8 Å². The van der Waals surface area contributed by atoms with Gasteiger partial charge in [-0.1, -0.05) is 18.2 Å². The summed E-state index contributed by atoms with van der Waals surface area (Å²) in [6.45, 7) is 3.34. The molecule has 19 heavy (non-hydrogen) atoms. The van der Waals surface area contributed by atoms with Crippen LogP contribution in [0.4, 0.5) is 0 Å². The van der Waals surface area contributed by atoms with Crippen LogP contribution in [0.15, 0.2) is 28.7 Å². The summed E-state index contributed by atoms with van der Waals surface area (Å²) in [6, 6.07) is 7.96. The number of hydrogen-bond donors (Lipinski definition) is 1. The SMILES string of the molecule is NCc1c(COCC2CCOC2)oc2ccccc12. The Balaban J connectivity index is 1.69. The highest BCUT2D eigenvalue weighted by atomic mass is 16.5. The molecule has 0 saturated carbocycles. The monoisotopic (exact) mass is 261 g/mol. The topological polar surface area (TPSA) is 57.6 Å². The van der Waals surface area contributed by atoms with E-state index in [1.165, 1.54) is 0 Å². The van der Waals surface area contributed by atoms with Crippen LogP contribution in [0.2, 0.25) is 0 Å². The Morgan fingerprint density at radius 3 is 3.00 bits per heavy atom. The third-order valence-corrected chi connectivity index (χ3v) is 3.60. The van der Waals surface area contributed by atoms with Crippen molar-refractivity contribution >= 4 is 11.0 Å². The minimum absolute atomic E-state index is 0.474. The molecule has 102 valence electrons. The summed E-state index contributed by atoms with van der Waals surface area (Å²) in [5.41, 5.74) is 7.75. The minimum atomic E-state index is 0.474. The molecule has 1 saturated heterocycles. The first-order chi connectivity index (χ1) is 9.38. The van der Waals surface area contributed by atoms with Gasteiger partial charge in [0.1, 0.15) is 18.0 Å². The zero-order valence-corrected chi connectivity index (χ0v) is 10.9. The van der Waals surface area contributed by atoms with Gasteiger partial charge in [-0.05, 0) is 12.5 Å². The number of para-hydroxylation sites is 1. The Hall–Kier alpha value is -1.36. The molecule has 2 aromatic rings. The van der Waals surface area contributed by atoms with Crippen molar-refractivity contribution in [3.05, 3.63) is 35.6 Å². The lowest BCUT2D eigenvalue weighted by Crippen LogP contribution is -2.10. The molecule has 1 atom stereocenters. The first-order valence-corrected chi connectivity index (χ1v) is 6.73. The first kappa shape index (κ1) is 12.7. The van der Waals surface area contributed by atoms with Gasteiger partial charge in [-0.2, -0.15) is 0 Å². The number of ether oxygens (including phenoxy) is 2. The second-order valence-corrected chi connectivity index (χ2v) is 4.95. The Morgan fingerprint density at radius 1 is 1.32 bits per heavy atom. The highest BCUT2D eigenvalue weighted by molar-refractivity contribution is 5.82. The molecule has 4 heteroatoms. The second-order valence-electron chi connectivity index (χ2n) is 4.95. The van der Waals surface area contributed by atoms with Crippen LogP contribution in [0.5, 0.6) is 0 Å². The van der Waals surface area contributed by atoms with Gasteiger partial charge < -0.3 is 19.6 Å². The van der Waals surface area contributed by atoms with Crippen LogP contribution in [-0.2, 0) is 22.6 Å². The van der Waals surface area contributed by atoms with E-state index in [2.05, 4.69) is 0 Å². The van der Waals surface area contributed by atoms with Crippen LogP contribution in [0.25, 0.3) is 11.0 Å². The summed E-state index contributed by atoms with van der Waals surface area (Å²) in [4.78, 5) is 0. The van der Waals surface area contributed by atoms with Crippen molar-refractivity contribution in [3.63, 3.8) is 0 Å². The van der Waals surface area contributed by atoms with Crippen LogP contribution in [0.1, 0.15) is 17.7 Å². The zero-order chi connectivity index (χ0) is 13.1. The van der Waals surface area contributed by atoms with E-state index in [0.717, 1.165) is 48.5 Å². The van der Waals surface area contributed by atoms with Crippen molar-refractivity contribution < 1.29 is 13.9 Å². The molecule has 2 heterocycles. The van der Waals surface area contributed by atoms with E-state index in [1.54, 1.807) is 0 Å². The number of rotatable bonds is 5. The predicted molar refractivity (Wildman–Crippen MR) is 72.7 cm³/mol. The quantitative estimate of drug-likeness (QED) is 0.898. The average Bonchev–Trinajstić information content (AvgIpc) is 3.05. The van der Waals surface area contributed by atoms with E-state index in [-0.39, 0.29) is 0 Å². The number of fused-ring (bicyclic) bond motifs is 1. The third kappa shape index (κ3) is 2.66. The van der Waals surface area contributed by atoms with Gasteiger partial charge in [0.2, 0.25) is 0 Å². The fourth-order valence-electron chi connectivity index (χ4n) is 2.52. The third-order valence-electron chi connectivity index (χ3n) is 3.60. The van der Waals surface area contributed by atoms with E-state index in [0.29, 0.717) is 19.1 Å². The van der Waals surface area contributed by atoms with E-state index in [4.69, 9.17) is 19.6 Å². The van der Waals surface area contributed by atoms with Crippen molar-refractivity contribution in [1.82, 2.24) is 0 Å². The normalized spacial score (nSPS) is 19.3. The summed E-state index contributed by atoms with van der Waals surface area (Å²) in [5.74, 6) is 1.37. The maximum Gasteiger partial charge on any atom is 0.135 e. The summed E-state index contributed by atoms with van der Waals surface area (Å²) in [7, 11) is 0.